The van der Waals surface area contributed by atoms with Gasteiger partial charge in [0.05, 0.1) is 6.26 Å². The van der Waals surface area contributed by atoms with Gasteiger partial charge in [-0.25, -0.2) is 14.4 Å². The van der Waals surface area contributed by atoms with Crippen molar-refractivity contribution in [2.75, 3.05) is 36.9 Å². The number of carboxylic acid groups (broad SMARTS) is 3. The molecule has 16 heteroatoms. The van der Waals surface area contributed by atoms with E-state index in [9.17, 15) is 14.4 Å². The fourth-order valence-electron chi connectivity index (χ4n) is 2.71. The van der Waals surface area contributed by atoms with E-state index >= 15 is 0 Å². The molecule has 10 nitrogen and oxygen atoms in total. The van der Waals surface area contributed by atoms with E-state index in [1.54, 1.807) is 0 Å². The maximum atomic E-state index is 10.4. The van der Waals surface area contributed by atoms with Gasteiger partial charge < -0.3 is 69.7 Å². The van der Waals surface area contributed by atoms with E-state index in [1.807, 2.05) is 42.3 Å². The quantitative estimate of drug-likeness (QED) is 0.0666. The molecule has 0 spiro atoms. The summed E-state index contributed by atoms with van der Waals surface area (Å²) >= 11 is 3.38. The minimum atomic E-state index is -1.42. The number of halogens is 2. The summed E-state index contributed by atoms with van der Waals surface area (Å²) in [5.41, 5.74) is 2.67. The Morgan fingerprint density at radius 3 is 1.44 bits per heavy atom. The predicted molar refractivity (Wildman–Crippen MR) is 172 cm³/mol. The molecule has 0 saturated heterocycles. The van der Waals surface area contributed by atoms with Crippen molar-refractivity contribution in [3.05, 3.63) is 71.8 Å². The number of aliphatic hydroxyl groups excluding tert-OH is 4. The first-order valence-corrected chi connectivity index (χ1v) is 17.6. The minimum absolute atomic E-state index is 0. The van der Waals surface area contributed by atoms with Gasteiger partial charge in [-0.15, -0.1) is 0 Å². The van der Waals surface area contributed by atoms with E-state index in [4.69, 9.17) is 35.7 Å². The van der Waals surface area contributed by atoms with Gasteiger partial charge in [-0.05, 0) is 41.1 Å². The summed E-state index contributed by atoms with van der Waals surface area (Å²) in [6.45, 7) is -0.298. The van der Waals surface area contributed by atoms with Crippen molar-refractivity contribution in [1.82, 2.24) is 0 Å². The molecule has 0 bridgehead atoms. The van der Waals surface area contributed by atoms with E-state index in [1.165, 1.54) is 22.9 Å². The van der Waals surface area contributed by atoms with Gasteiger partial charge in [0.15, 0.2) is 18.3 Å². The van der Waals surface area contributed by atoms with Crippen LogP contribution in [0.15, 0.2) is 60.7 Å². The molecule has 45 heavy (non-hydrogen) atoms. The summed E-state index contributed by atoms with van der Waals surface area (Å²) in [7, 11) is 0.119. The van der Waals surface area contributed by atoms with Crippen LogP contribution < -0.4 is 63.5 Å². The number of benzene rings is 2. The topological polar surface area (TPSA) is 193 Å². The fourth-order valence-corrected chi connectivity index (χ4v) is 5.22. The van der Waals surface area contributed by atoms with Crippen LogP contribution in [0.3, 0.4) is 0 Å². The standard InChI is InChI=1S/C12H16O3S.C8H10S.C5H10O3S.C4H8O4.2BrH.Na/c1-16(8-7-11(13)12(14)15)9-10-5-3-2-4-6-10;1-9-7-8-5-3-2-4-6-8;1-9-3-2-4(6)5(7)8;5-2-1-3(6)4(7)8;;;/h2-6,11,13H,7-9H2,1H3;2-6H,7H2,1H3;4,6H,2-3H2,1H3,(H,7,8);3,5-6H,1-2H2,(H,7,8);2*1H;/q;;;;;;+1/p-1. The van der Waals surface area contributed by atoms with Crippen LogP contribution in [-0.2, 0) is 36.8 Å². The molecular formula is C29H45Br2NaO10S3. The van der Waals surface area contributed by atoms with Crippen molar-refractivity contribution in [2.24, 2.45) is 0 Å². The summed E-state index contributed by atoms with van der Waals surface area (Å²) in [5, 5.41) is 58.9. The minimum Gasteiger partial charge on any atom is -1.00 e. The van der Waals surface area contributed by atoms with Crippen molar-refractivity contribution in [3.8, 4) is 0 Å². The van der Waals surface area contributed by atoms with Gasteiger partial charge in [0, 0.05) is 30.8 Å². The molecule has 0 heterocycles. The molecule has 0 aliphatic heterocycles. The molecule has 4 unspecified atom stereocenters. The molecule has 0 saturated carbocycles. The third-order valence-corrected chi connectivity index (χ3v) is 8.03. The zero-order chi connectivity index (χ0) is 32.3. The second-order valence-corrected chi connectivity index (χ2v) is 12.8. The van der Waals surface area contributed by atoms with Gasteiger partial charge >= 0.3 is 47.5 Å². The Morgan fingerprint density at radius 1 is 0.689 bits per heavy atom. The van der Waals surface area contributed by atoms with Crippen molar-refractivity contribution >= 4 is 52.3 Å². The van der Waals surface area contributed by atoms with E-state index in [2.05, 4.69) is 48.9 Å². The molecule has 0 aliphatic carbocycles. The number of rotatable bonds is 15. The van der Waals surface area contributed by atoms with Crippen LogP contribution in [0.4, 0.5) is 0 Å². The maximum Gasteiger partial charge on any atom is 1.00 e. The summed E-state index contributed by atoms with van der Waals surface area (Å²) in [6.07, 6.45) is 2.83. The number of aliphatic carboxylic acids is 3. The number of carboxylic acids is 3. The van der Waals surface area contributed by atoms with Crippen molar-refractivity contribution in [2.45, 2.75) is 49.1 Å². The first-order valence-electron chi connectivity index (χ1n) is 12.9. The normalized spacial score (nSPS) is 12.0. The van der Waals surface area contributed by atoms with Crippen LogP contribution in [-0.4, -0.2) is 109 Å². The Morgan fingerprint density at radius 2 is 1.09 bits per heavy atom. The Kier molecular flexibility index (Phi) is 44.0. The van der Waals surface area contributed by atoms with Gasteiger partial charge in [-0.3, -0.25) is 0 Å². The van der Waals surface area contributed by atoms with E-state index in [0.717, 1.165) is 17.3 Å². The predicted octanol–water partition coefficient (Wildman–Crippen LogP) is -6.17. The second-order valence-electron chi connectivity index (χ2n) is 8.68. The third-order valence-electron chi connectivity index (χ3n) is 5.00. The summed E-state index contributed by atoms with van der Waals surface area (Å²) in [4.78, 5) is 30.1. The number of hydrogen-bond donors (Lipinski definition) is 7. The molecule has 2 aromatic carbocycles. The number of aliphatic hydroxyl groups is 4. The molecule has 254 valence electrons. The van der Waals surface area contributed by atoms with Gasteiger partial charge in [0.2, 0.25) is 0 Å². The molecular weight excluding hydrogens is 787 g/mol. The molecule has 0 amide bonds. The Hall–Kier alpha value is -0.300. The Labute approximate surface area is 321 Å². The molecule has 2 rings (SSSR count). The van der Waals surface area contributed by atoms with E-state index in [0.29, 0.717) is 18.6 Å². The first-order chi connectivity index (χ1) is 19.9. The summed E-state index contributed by atoms with van der Waals surface area (Å²) < 4.78 is 0. The van der Waals surface area contributed by atoms with Crippen LogP contribution in [0, 0.1) is 0 Å². The first kappa shape index (κ1) is 54.2. The number of thioether (sulfide) groups is 2. The van der Waals surface area contributed by atoms with Crippen molar-refractivity contribution < 1.29 is 114 Å². The molecule has 0 aromatic heterocycles. The van der Waals surface area contributed by atoms with Crippen molar-refractivity contribution in [1.29, 1.82) is 0 Å². The smallest absolute Gasteiger partial charge is 1.00 e. The SMILES string of the molecule is CSCCC(O)C(=O)O.CSCc1ccccc1.C[S+](CCC(O)C(=O)O)Cc1ccccc1.O=C(O)C(O)CCO.[Br-].[Br-].[Na+]. The van der Waals surface area contributed by atoms with Gasteiger partial charge in [-0.2, -0.15) is 23.5 Å². The average Bonchev–Trinajstić information content (AvgIpc) is 2.97. The van der Waals surface area contributed by atoms with E-state index < -0.39 is 36.2 Å². The van der Waals surface area contributed by atoms with Crippen molar-refractivity contribution in [3.63, 3.8) is 0 Å². The molecule has 7 N–H and O–H groups in total. The monoisotopic (exact) mass is 830 g/mol. The largest absolute Gasteiger partial charge is 1.00 e. The number of carbonyl (C=O) groups is 3. The van der Waals surface area contributed by atoms with Gasteiger partial charge in [0.1, 0.15) is 11.5 Å². The maximum absolute atomic E-state index is 10.4. The summed E-state index contributed by atoms with van der Waals surface area (Å²) in [5.74, 6) is -0.0380. The van der Waals surface area contributed by atoms with Crippen LogP contribution >= 0.6 is 23.5 Å². The van der Waals surface area contributed by atoms with Crippen LogP contribution in [0.2, 0.25) is 0 Å². The zero-order valence-electron chi connectivity index (χ0n) is 26.0. The van der Waals surface area contributed by atoms with Crippen LogP contribution in [0.5, 0.6) is 0 Å². The Balaban J connectivity index is -0.000000162. The zero-order valence-corrected chi connectivity index (χ0v) is 33.6. The second kappa shape index (κ2) is 36.5. The van der Waals surface area contributed by atoms with E-state index in [-0.39, 0.29) is 87.4 Å². The molecule has 0 radical (unpaired) electrons. The van der Waals surface area contributed by atoms with Gasteiger partial charge in [0.25, 0.3) is 0 Å². The molecule has 0 fully saturated rings. The average molecular weight is 833 g/mol. The summed E-state index contributed by atoms with van der Waals surface area (Å²) in [6, 6.07) is 20.6. The molecule has 2 aromatic rings. The van der Waals surface area contributed by atoms with Gasteiger partial charge in [-0.1, -0.05) is 60.7 Å². The fraction of sp³-hybridized carbons (Fsp3) is 0.483. The van der Waals surface area contributed by atoms with Crippen LogP contribution in [0.1, 0.15) is 30.4 Å². The Bertz CT molecular complexity index is 970. The molecule has 0 aliphatic rings. The third kappa shape index (κ3) is 34.8. The van der Waals surface area contributed by atoms with Crippen LogP contribution in [0.25, 0.3) is 0 Å². The molecule has 4 atom stereocenters. The number of hydrogen-bond acceptors (Lipinski definition) is 9.